The van der Waals surface area contributed by atoms with Crippen LogP contribution >= 0.6 is 11.8 Å². The molecule has 0 aliphatic carbocycles. The van der Waals surface area contributed by atoms with Crippen LogP contribution in [0.3, 0.4) is 0 Å². The Morgan fingerprint density at radius 2 is 1.97 bits per heavy atom. The Balaban J connectivity index is 1.54. The molecule has 6 nitrogen and oxygen atoms in total. The summed E-state index contributed by atoms with van der Waals surface area (Å²) < 4.78 is 21.7. The molecule has 150 valence electrons. The van der Waals surface area contributed by atoms with Gasteiger partial charge in [-0.2, -0.15) is 0 Å². The van der Waals surface area contributed by atoms with Crippen molar-refractivity contribution in [2.45, 2.75) is 24.1 Å². The van der Waals surface area contributed by atoms with Crippen LogP contribution in [0, 0.1) is 5.82 Å². The molecule has 29 heavy (non-hydrogen) atoms. The average molecular weight is 412 g/mol. The minimum absolute atomic E-state index is 0.0967. The molecule has 0 spiro atoms. The van der Waals surface area contributed by atoms with E-state index in [4.69, 9.17) is 4.74 Å². The number of aromatic nitrogens is 3. The summed E-state index contributed by atoms with van der Waals surface area (Å²) in [4.78, 5) is 12.2. The van der Waals surface area contributed by atoms with Crippen molar-refractivity contribution in [2.24, 2.45) is 0 Å². The van der Waals surface area contributed by atoms with Gasteiger partial charge in [0.1, 0.15) is 5.82 Å². The molecule has 8 heteroatoms. The lowest BCUT2D eigenvalue weighted by atomic mass is 10.2. The quantitative estimate of drug-likeness (QED) is 0.602. The van der Waals surface area contributed by atoms with E-state index in [1.54, 1.807) is 22.8 Å². The molecule has 1 aromatic heterocycles. The fourth-order valence-electron chi connectivity index (χ4n) is 3.20. The van der Waals surface area contributed by atoms with Gasteiger partial charge in [0.25, 0.3) is 0 Å². The first-order valence-corrected chi connectivity index (χ1v) is 10.5. The van der Waals surface area contributed by atoms with E-state index in [2.05, 4.69) is 15.5 Å². The molecule has 1 N–H and O–H groups in total. The van der Waals surface area contributed by atoms with E-state index >= 15 is 0 Å². The van der Waals surface area contributed by atoms with Crippen LogP contribution in [0.5, 0.6) is 0 Å². The van der Waals surface area contributed by atoms with Gasteiger partial charge in [0.15, 0.2) is 11.0 Å². The van der Waals surface area contributed by atoms with Crippen molar-refractivity contribution in [3.63, 3.8) is 0 Å². The third kappa shape index (κ3) is 4.65. The number of hydrogen-bond donors (Lipinski definition) is 1. The Morgan fingerprint density at radius 3 is 2.72 bits per heavy atom. The predicted molar refractivity (Wildman–Crippen MR) is 109 cm³/mol. The van der Waals surface area contributed by atoms with Crippen LogP contribution < -0.4 is 5.32 Å². The summed E-state index contributed by atoms with van der Waals surface area (Å²) >= 11 is 1.27. The molecular formula is C21H21FN4O2S. The highest BCUT2D eigenvalue weighted by atomic mass is 32.2. The predicted octanol–water partition coefficient (Wildman–Crippen LogP) is 3.46. The van der Waals surface area contributed by atoms with Crippen molar-refractivity contribution in [3.05, 3.63) is 60.4 Å². The van der Waals surface area contributed by atoms with Gasteiger partial charge >= 0.3 is 0 Å². The number of nitrogens with zero attached hydrogens (tertiary/aromatic N) is 3. The normalized spacial score (nSPS) is 16.1. The number of ether oxygens (including phenoxy) is 1. The third-order valence-electron chi connectivity index (χ3n) is 4.65. The second-order valence-electron chi connectivity index (χ2n) is 6.68. The number of nitrogens with one attached hydrogen (secondary N) is 1. The van der Waals surface area contributed by atoms with Crippen molar-refractivity contribution in [1.82, 2.24) is 20.1 Å². The molecule has 1 atom stereocenters. The van der Waals surface area contributed by atoms with Crippen molar-refractivity contribution >= 4 is 17.7 Å². The van der Waals surface area contributed by atoms with E-state index in [1.165, 1.54) is 17.8 Å². The highest BCUT2D eigenvalue weighted by Gasteiger charge is 2.20. The number of amides is 1. The Labute approximate surface area is 172 Å². The van der Waals surface area contributed by atoms with Gasteiger partial charge in [0, 0.05) is 18.8 Å². The van der Waals surface area contributed by atoms with Gasteiger partial charge in [-0.05, 0) is 37.1 Å². The number of benzene rings is 2. The van der Waals surface area contributed by atoms with Crippen LogP contribution in [0.1, 0.15) is 12.8 Å². The molecule has 1 fully saturated rings. The van der Waals surface area contributed by atoms with E-state index in [0.29, 0.717) is 23.1 Å². The maximum Gasteiger partial charge on any atom is 0.230 e. The summed E-state index contributed by atoms with van der Waals surface area (Å²) in [5.41, 5.74) is 1.16. The molecular weight excluding hydrogens is 391 g/mol. The highest BCUT2D eigenvalue weighted by Crippen LogP contribution is 2.29. The van der Waals surface area contributed by atoms with Crippen molar-refractivity contribution in [3.8, 4) is 17.1 Å². The summed E-state index contributed by atoms with van der Waals surface area (Å²) in [6.07, 6.45) is 2.11. The zero-order valence-electron chi connectivity index (χ0n) is 15.8. The second kappa shape index (κ2) is 9.19. The molecule has 3 aromatic rings. The van der Waals surface area contributed by atoms with Crippen molar-refractivity contribution < 1.29 is 13.9 Å². The Morgan fingerprint density at radius 1 is 1.17 bits per heavy atom. The zero-order valence-corrected chi connectivity index (χ0v) is 16.6. The van der Waals surface area contributed by atoms with Gasteiger partial charge in [0.05, 0.1) is 17.4 Å². The van der Waals surface area contributed by atoms with E-state index in [9.17, 15) is 9.18 Å². The first-order chi connectivity index (χ1) is 14.2. The molecule has 1 amide bonds. The van der Waals surface area contributed by atoms with Gasteiger partial charge in [-0.15, -0.1) is 10.2 Å². The molecule has 0 bridgehead atoms. The second-order valence-corrected chi connectivity index (χ2v) is 7.63. The van der Waals surface area contributed by atoms with Gasteiger partial charge < -0.3 is 10.1 Å². The Hall–Kier alpha value is -2.71. The largest absolute Gasteiger partial charge is 0.376 e. The van der Waals surface area contributed by atoms with Crippen LogP contribution in [-0.4, -0.2) is 45.7 Å². The third-order valence-corrected chi connectivity index (χ3v) is 5.57. The summed E-state index contributed by atoms with van der Waals surface area (Å²) in [6, 6.07) is 15.9. The lowest BCUT2D eigenvalue weighted by molar-refractivity contribution is -0.119. The number of rotatable bonds is 7. The highest BCUT2D eigenvalue weighted by molar-refractivity contribution is 7.99. The number of hydrogen-bond acceptors (Lipinski definition) is 5. The zero-order chi connectivity index (χ0) is 20.1. The minimum atomic E-state index is -0.372. The van der Waals surface area contributed by atoms with E-state index < -0.39 is 0 Å². The van der Waals surface area contributed by atoms with Crippen LogP contribution in [0.2, 0.25) is 0 Å². The fourth-order valence-corrected chi connectivity index (χ4v) is 3.99. The smallest absolute Gasteiger partial charge is 0.230 e. The van der Waals surface area contributed by atoms with Crippen LogP contribution in [0.25, 0.3) is 17.1 Å². The summed E-state index contributed by atoms with van der Waals surface area (Å²) in [7, 11) is 0. The minimum Gasteiger partial charge on any atom is -0.376 e. The van der Waals surface area contributed by atoms with E-state index in [1.807, 2.05) is 30.3 Å². The summed E-state index contributed by atoms with van der Waals surface area (Å²) in [5.74, 6) is 0.120. The van der Waals surface area contributed by atoms with Crippen molar-refractivity contribution in [1.29, 1.82) is 0 Å². The lowest BCUT2D eigenvalue weighted by Crippen LogP contribution is -2.32. The topological polar surface area (TPSA) is 69.0 Å². The first-order valence-electron chi connectivity index (χ1n) is 9.49. The van der Waals surface area contributed by atoms with Crippen LogP contribution in [0.4, 0.5) is 4.39 Å². The molecule has 4 rings (SSSR count). The molecule has 1 saturated heterocycles. The maximum absolute atomic E-state index is 14.4. The molecule has 1 aliphatic heterocycles. The van der Waals surface area contributed by atoms with Gasteiger partial charge in [-0.25, -0.2) is 4.39 Å². The molecule has 2 heterocycles. The summed E-state index contributed by atoms with van der Waals surface area (Å²) in [5, 5.41) is 11.9. The number of carbonyl (C=O) groups excluding carboxylic acids is 1. The fraction of sp³-hybridized carbons (Fsp3) is 0.286. The molecule has 1 unspecified atom stereocenters. The number of thioether (sulfide) groups is 1. The van der Waals surface area contributed by atoms with E-state index in [0.717, 1.165) is 25.1 Å². The average Bonchev–Trinajstić information content (AvgIpc) is 3.41. The molecule has 0 saturated carbocycles. The Bertz CT molecular complexity index is 974. The number of carbonyl (C=O) groups is 1. The van der Waals surface area contributed by atoms with Gasteiger partial charge in [-0.3, -0.25) is 9.36 Å². The lowest BCUT2D eigenvalue weighted by Gasteiger charge is -2.12. The number of halogens is 1. The van der Waals surface area contributed by atoms with Crippen LogP contribution in [0.15, 0.2) is 59.8 Å². The monoisotopic (exact) mass is 412 g/mol. The first kappa shape index (κ1) is 19.6. The number of para-hydroxylation sites is 1. The standard InChI is InChI=1S/C21H21FN4O2S/c22-18-11-5-4-10-17(18)20-24-25-21(26(20)15-7-2-1-3-8-15)29-14-19(27)23-13-16-9-6-12-28-16/h1-5,7-8,10-11,16H,6,9,12-14H2,(H,23,27). The SMILES string of the molecule is O=C(CSc1nnc(-c2ccccc2F)n1-c1ccccc1)NCC1CCCO1. The molecule has 1 aliphatic rings. The van der Waals surface area contributed by atoms with Crippen molar-refractivity contribution in [2.75, 3.05) is 18.9 Å². The molecule has 0 radical (unpaired) electrons. The maximum atomic E-state index is 14.4. The van der Waals surface area contributed by atoms with E-state index in [-0.39, 0.29) is 23.6 Å². The molecule has 2 aromatic carbocycles. The van der Waals surface area contributed by atoms with Crippen LogP contribution in [-0.2, 0) is 9.53 Å². The summed E-state index contributed by atoms with van der Waals surface area (Å²) in [6.45, 7) is 1.28. The van der Waals surface area contributed by atoms with Gasteiger partial charge in [0.2, 0.25) is 5.91 Å². The Kier molecular flexibility index (Phi) is 6.21. The van der Waals surface area contributed by atoms with Gasteiger partial charge in [-0.1, -0.05) is 42.1 Å².